The summed E-state index contributed by atoms with van der Waals surface area (Å²) in [5.74, 6) is -1.10. The molecule has 1 aliphatic heterocycles. The number of aliphatic carboxylic acids is 1. The second kappa shape index (κ2) is 7.16. The van der Waals surface area contributed by atoms with Crippen LogP contribution in [0.15, 0.2) is 16.5 Å². The molecule has 2 heterocycles. The van der Waals surface area contributed by atoms with Crippen LogP contribution in [0.25, 0.3) is 0 Å². The molecule has 0 bridgehead atoms. The van der Waals surface area contributed by atoms with Gasteiger partial charge in [0.2, 0.25) is 0 Å². The fourth-order valence-electron chi connectivity index (χ4n) is 2.83. The fourth-order valence-corrected chi connectivity index (χ4v) is 3.50. The van der Waals surface area contributed by atoms with Crippen molar-refractivity contribution in [3.8, 4) is 0 Å². The molecule has 8 heteroatoms. The normalized spacial score (nSPS) is 18.8. The number of likely N-dealkylation sites (tertiary alicyclic amines) is 1. The van der Waals surface area contributed by atoms with E-state index in [0.29, 0.717) is 13.0 Å². The summed E-state index contributed by atoms with van der Waals surface area (Å²) in [6, 6.07) is 2.85. The lowest BCUT2D eigenvalue weighted by atomic mass is 9.97. The average Bonchev–Trinajstić information content (AvgIpc) is 2.91. The highest BCUT2D eigenvalue weighted by Crippen LogP contribution is 2.24. The van der Waals surface area contributed by atoms with Crippen LogP contribution in [0.5, 0.6) is 0 Å². The van der Waals surface area contributed by atoms with Gasteiger partial charge in [0.25, 0.3) is 5.91 Å². The molecule has 1 aliphatic rings. The summed E-state index contributed by atoms with van der Waals surface area (Å²) in [7, 11) is -3.23. The minimum atomic E-state index is -3.23. The smallest absolute Gasteiger partial charge is 0.303 e. The second-order valence-corrected chi connectivity index (χ2v) is 8.06. The first kappa shape index (κ1) is 17.5. The molecule has 1 amide bonds. The number of carbonyl (C=O) groups is 2. The van der Waals surface area contributed by atoms with Gasteiger partial charge in [0.1, 0.15) is 11.5 Å². The van der Waals surface area contributed by atoms with Gasteiger partial charge in [0.05, 0.1) is 0 Å². The zero-order valence-electron chi connectivity index (χ0n) is 13.0. The highest BCUT2D eigenvalue weighted by Gasteiger charge is 2.29. The summed E-state index contributed by atoms with van der Waals surface area (Å²) < 4.78 is 27.9. The Balaban J connectivity index is 2.09. The largest absolute Gasteiger partial charge is 0.481 e. The quantitative estimate of drug-likeness (QED) is 0.842. The molecule has 0 radical (unpaired) electrons. The van der Waals surface area contributed by atoms with E-state index in [0.717, 1.165) is 25.5 Å². The number of sulfone groups is 1. The highest BCUT2D eigenvalue weighted by molar-refractivity contribution is 7.89. The molecule has 1 saturated heterocycles. The third kappa shape index (κ3) is 5.09. The number of hydrogen-bond acceptors (Lipinski definition) is 5. The van der Waals surface area contributed by atoms with E-state index < -0.39 is 15.8 Å². The molecular weight excluding hydrogens is 322 g/mol. The van der Waals surface area contributed by atoms with E-state index in [9.17, 15) is 18.0 Å². The molecule has 1 unspecified atom stereocenters. The Hall–Kier alpha value is -1.83. The lowest BCUT2D eigenvalue weighted by Gasteiger charge is -2.35. The van der Waals surface area contributed by atoms with E-state index in [-0.39, 0.29) is 35.6 Å². The molecule has 7 nitrogen and oxygen atoms in total. The summed E-state index contributed by atoms with van der Waals surface area (Å²) in [5.41, 5.74) is 0. The number of nitrogens with zero attached hydrogens (tertiary/aromatic N) is 1. The van der Waals surface area contributed by atoms with Crippen LogP contribution >= 0.6 is 0 Å². The van der Waals surface area contributed by atoms with Gasteiger partial charge in [0, 0.05) is 25.3 Å². The lowest BCUT2D eigenvalue weighted by molar-refractivity contribution is -0.137. The minimum absolute atomic E-state index is 0.0198. The van der Waals surface area contributed by atoms with Crippen LogP contribution in [0.3, 0.4) is 0 Å². The Labute approximate surface area is 135 Å². The van der Waals surface area contributed by atoms with Crippen LogP contribution in [0, 0.1) is 0 Å². The molecule has 1 aromatic rings. The summed E-state index contributed by atoms with van der Waals surface area (Å²) in [6.45, 7) is 0.561. The van der Waals surface area contributed by atoms with Crippen molar-refractivity contribution in [2.45, 2.75) is 43.9 Å². The van der Waals surface area contributed by atoms with Crippen LogP contribution in [0.4, 0.5) is 0 Å². The number of piperidine rings is 1. The third-order valence-corrected chi connectivity index (χ3v) is 4.67. The number of hydrogen-bond donors (Lipinski definition) is 1. The standard InChI is InChI=1S/C15H21NO6S/c1-23(20,21)10-12-6-7-13(22-12)15(19)16-9-3-2-4-11(16)5-8-14(17)18/h6-7,11H,2-5,8-10H2,1H3,(H,17,18). The van der Waals surface area contributed by atoms with Gasteiger partial charge in [-0.2, -0.15) is 0 Å². The summed E-state index contributed by atoms with van der Waals surface area (Å²) in [6.07, 6.45) is 4.14. The Kier molecular flexibility index (Phi) is 5.46. The molecule has 1 atom stereocenters. The van der Waals surface area contributed by atoms with Gasteiger partial charge >= 0.3 is 5.97 Å². The van der Waals surface area contributed by atoms with Gasteiger partial charge < -0.3 is 14.4 Å². The predicted octanol–water partition coefficient (Wildman–Crippen LogP) is 1.68. The number of carbonyl (C=O) groups excluding carboxylic acids is 1. The van der Waals surface area contributed by atoms with Crippen molar-refractivity contribution >= 4 is 21.7 Å². The molecule has 1 fully saturated rings. The van der Waals surface area contributed by atoms with Gasteiger partial charge in [-0.1, -0.05) is 0 Å². The van der Waals surface area contributed by atoms with Crippen LogP contribution in [-0.2, 0) is 20.4 Å². The molecule has 2 rings (SSSR count). The van der Waals surface area contributed by atoms with Crippen molar-refractivity contribution in [1.82, 2.24) is 4.90 Å². The van der Waals surface area contributed by atoms with Gasteiger partial charge in [-0.25, -0.2) is 8.42 Å². The van der Waals surface area contributed by atoms with Gasteiger partial charge in [-0.15, -0.1) is 0 Å². The van der Waals surface area contributed by atoms with Gasteiger partial charge in [-0.05, 0) is 37.8 Å². The molecule has 1 N–H and O–H groups in total. The molecule has 0 spiro atoms. The number of carboxylic acids is 1. The number of amides is 1. The predicted molar refractivity (Wildman–Crippen MR) is 82.8 cm³/mol. The maximum atomic E-state index is 12.6. The van der Waals surface area contributed by atoms with Crippen molar-refractivity contribution < 1.29 is 27.5 Å². The zero-order chi connectivity index (χ0) is 17.0. The number of carboxylic acid groups (broad SMARTS) is 1. The van der Waals surface area contributed by atoms with Crippen LogP contribution in [0.2, 0.25) is 0 Å². The average molecular weight is 343 g/mol. The summed E-state index contributed by atoms with van der Waals surface area (Å²) in [5, 5.41) is 8.82. The second-order valence-electron chi connectivity index (χ2n) is 5.92. The molecule has 0 saturated carbocycles. The maximum Gasteiger partial charge on any atom is 0.303 e. The topological polar surface area (TPSA) is 105 Å². The molecule has 0 aromatic carbocycles. The van der Waals surface area contributed by atoms with Crippen LogP contribution in [0.1, 0.15) is 48.4 Å². The van der Waals surface area contributed by atoms with Gasteiger partial charge in [-0.3, -0.25) is 9.59 Å². The lowest BCUT2D eigenvalue weighted by Crippen LogP contribution is -2.43. The Morgan fingerprint density at radius 2 is 2.09 bits per heavy atom. The SMILES string of the molecule is CS(=O)(=O)Cc1ccc(C(=O)N2CCCCC2CCC(=O)O)o1. The molecule has 23 heavy (non-hydrogen) atoms. The fraction of sp³-hybridized carbons (Fsp3) is 0.600. The van der Waals surface area contributed by atoms with E-state index in [2.05, 4.69) is 0 Å². The molecular formula is C15H21NO6S. The molecule has 128 valence electrons. The Bertz CT molecular complexity index is 678. The van der Waals surface area contributed by atoms with Crippen molar-refractivity contribution in [2.75, 3.05) is 12.8 Å². The van der Waals surface area contributed by atoms with Crippen LogP contribution < -0.4 is 0 Å². The van der Waals surface area contributed by atoms with E-state index >= 15 is 0 Å². The number of furan rings is 1. The maximum absolute atomic E-state index is 12.6. The first-order valence-electron chi connectivity index (χ1n) is 7.55. The first-order chi connectivity index (χ1) is 10.8. The van der Waals surface area contributed by atoms with E-state index in [4.69, 9.17) is 9.52 Å². The monoisotopic (exact) mass is 343 g/mol. The van der Waals surface area contributed by atoms with E-state index in [1.807, 2.05) is 0 Å². The summed E-state index contributed by atoms with van der Waals surface area (Å²) >= 11 is 0. The van der Waals surface area contributed by atoms with Crippen LogP contribution in [-0.4, -0.2) is 49.1 Å². The third-order valence-electron chi connectivity index (χ3n) is 3.86. The van der Waals surface area contributed by atoms with Crippen molar-refractivity contribution in [1.29, 1.82) is 0 Å². The van der Waals surface area contributed by atoms with E-state index in [1.54, 1.807) is 4.90 Å². The Morgan fingerprint density at radius 3 is 2.74 bits per heavy atom. The van der Waals surface area contributed by atoms with Crippen molar-refractivity contribution in [2.24, 2.45) is 0 Å². The Morgan fingerprint density at radius 1 is 1.35 bits per heavy atom. The minimum Gasteiger partial charge on any atom is -0.481 e. The first-order valence-corrected chi connectivity index (χ1v) is 9.61. The zero-order valence-corrected chi connectivity index (χ0v) is 13.8. The number of rotatable bonds is 6. The highest BCUT2D eigenvalue weighted by atomic mass is 32.2. The summed E-state index contributed by atoms with van der Waals surface area (Å²) in [4.78, 5) is 25.0. The van der Waals surface area contributed by atoms with E-state index in [1.165, 1.54) is 12.1 Å². The van der Waals surface area contributed by atoms with Crippen molar-refractivity contribution in [3.63, 3.8) is 0 Å². The van der Waals surface area contributed by atoms with Crippen molar-refractivity contribution in [3.05, 3.63) is 23.7 Å². The van der Waals surface area contributed by atoms with Gasteiger partial charge in [0.15, 0.2) is 15.6 Å². The molecule has 0 aliphatic carbocycles. The molecule has 1 aromatic heterocycles.